The summed E-state index contributed by atoms with van der Waals surface area (Å²) in [6.45, 7) is 10.9. The van der Waals surface area contributed by atoms with Crippen molar-refractivity contribution in [1.29, 1.82) is 0 Å². The Hall–Kier alpha value is -3.06. The van der Waals surface area contributed by atoms with Crippen LogP contribution in [0.15, 0.2) is 72.8 Å². The van der Waals surface area contributed by atoms with Crippen LogP contribution < -0.4 is 5.46 Å². The molecule has 0 fully saturated rings. The van der Waals surface area contributed by atoms with Gasteiger partial charge in [0.2, 0.25) is 0 Å². The van der Waals surface area contributed by atoms with Gasteiger partial charge in [-0.2, -0.15) is 0 Å². The van der Waals surface area contributed by atoms with Crippen LogP contribution in [0.2, 0.25) is 0 Å². The van der Waals surface area contributed by atoms with Gasteiger partial charge < -0.3 is 0 Å². The molecule has 0 saturated carbocycles. The zero-order valence-electron chi connectivity index (χ0n) is 18.5. The zero-order chi connectivity index (χ0) is 21.4. The standard InChI is InChI=1S/C29H27B/c1-18-12-6-9-15-23(18)26-21(4)27(24-16-10-7-13-19(24)2)29(30)28(22(26)5)25-17-11-8-14-20(25)3/h6-17H,1-5H3. The normalized spacial score (nSPS) is 11.0. The van der Waals surface area contributed by atoms with Crippen LogP contribution in [-0.2, 0) is 0 Å². The third kappa shape index (κ3) is 3.29. The van der Waals surface area contributed by atoms with E-state index < -0.39 is 0 Å². The van der Waals surface area contributed by atoms with Gasteiger partial charge in [0.25, 0.3) is 0 Å². The van der Waals surface area contributed by atoms with E-state index in [1.807, 2.05) is 0 Å². The first-order valence-electron chi connectivity index (χ1n) is 10.5. The van der Waals surface area contributed by atoms with E-state index in [0.29, 0.717) is 0 Å². The molecule has 0 saturated heterocycles. The average molecular weight is 386 g/mol. The summed E-state index contributed by atoms with van der Waals surface area (Å²) in [5.74, 6) is 0. The Balaban J connectivity index is 2.19. The molecule has 0 nitrogen and oxygen atoms in total. The maximum absolute atomic E-state index is 6.97. The highest BCUT2D eigenvalue weighted by atomic mass is 14.2. The average Bonchev–Trinajstić information content (AvgIpc) is 2.72. The van der Waals surface area contributed by atoms with Crippen LogP contribution in [0, 0.1) is 34.6 Å². The molecule has 2 radical (unpaired) electrons. The van der Waals surface area contributed by atoms with Gasteiger partial charge in [-0.25, -0.2) is 0 Å². The molecular weight excluding hydrogens is 359 g/mol. The van der Waals surface area contributed by atoms with E-state index in [-0.39, 0.29) is 0 Å². The van der Waals surface area contributed by atoms with E-state index in [0.717, 1.165) is 16.6 Å². The molecule has 0 bridgehead atoms. The van der Waals surface area contributed by atoms with Crippen LogP contribution in [0.1, 0.15) is 27.8 Å². The molecule has 0 spiro atoms. The summed E-state index contributed by atoms with van der Waals surface area (Å²) in [6, 6.07) is 25.7. The van der Waals surface area contributed by atoms with Crippen molar-refractivity contribution in [3.8, 4) is 33.4 Å². The lowest BCUT2D eigenvalue weighted by atomic mass is 9.72. The first-order chi connectivity index (χ1) is 14.4. The molecule has 30 heavy (non-hydrogen) atoms. The summed E-state index contributed by atoms with van der Waals surface area (Å²) < 4.78 is 0. The van der Waals surface area contributed by atoms with Crippen molar-refractivity contribution in [2.45, 2.75) is 34.6 Å². The molecule has 0 N–H and O–H groups in total. The van der Waals surface area contributed by atoms with Gasteiger partial charge in [0.15, 0.2) is 0 Å². The van der Waals surface area contributed by atoms with Crippen molar-refractivity contribution < 1.29 is 0 Å². The molecule has 0 atom stereocenters. The van der Waals surface area contributed by atoms with Gasteiger partial charge in [0, 0.05) is 0 Å². The van der Waals surface area contributed by atoms with Crippen LogP contribution >= 0.6 is 0 Å². The van der Waals surface area contributed by atoms with E-state index in [1.165, 1.54) is 50.1 Å². The van der Waals surface area contributed by atoms with Crippen molar-refractivity contribution in [2.24, 2.45) is 0 Å². The molecule has 0 aromatic heterocycles. The second-order valence-electron chi connectivity index (χ2n) is 8.23. The van der Waals surface area contributed by atoms with Crippen molar-refractivity contribution >= 4 is 13.3 Å². The summed E-state index contributed by atoms with van der Waals surface area (Å²) in [6.07, 6.45) is 0. The molecule has 1 heteroatoms. The van der Waals surface area contributed by atoms with Gasteiger partial charge in [-0.3, -0.25) is 0 Å². The van der Waals surface area contributed by atoms with E-state index in [2.05, 4.69) is 107 Å². The highest BCUT2D eigenvalue weighted by Gasteiger charge is 2.22. The Morgan fingerprint density at radius 3 is 1.07 bits per heavy atom. The molecule has 0 aliphatic heterocycles. The maximum Gasteiger partial charge on any atom is 0.115 e. The van der Waals surface area contributed by atoms with Crippen LogP contribution in [-0.4, -0.2) is 7.85 Å². The van der Waals surface area contributed by atoms with Crippen molar-refractivity contribution in [2.75, 3.05) is 0 Å². The summed E-state index contributed by atoms with van der Waals surface area (Å²) in [4.78, 5) is 0. The van der Waals surface area contributed by atoms with Crippen LogP contribution in [0.3, 0.4) is 0 Å². The van der Waals surface area contributed by atoms with E-state index in [9.17, 15) is 0 Å². The van der Waals surface area contributed by atoms with Crippen LogP contribution in [0.25, 0.3) is 33.4 Å². The maximum atomic E-state index is 6.97. The minimum Gasteiger partial charge on any atom is -0.0807 e. The van der Waals surface area contributed by atoms with Gasteiger partial charge in [0.05, 0.1) is 0 Å². The second-order valence-corrected chi connectivity index (χ2v) is 8.23. The van der Waals surface area contributed by atoms with Gasteiger partial charge in [-0.15, -0.1) is 0 Å². The van der Waals surface area contributed by atoms with E-state index in [4.69, 9.17) is 7.85 Å². The molecule has 4 aromatic carbocycles. The predicted molar refractivity (Wildman–Crippen MR) is 132 cm³/mol. The number of hydrogen-bond acceptors (Lipinski definition) is 0. The molecule has 0 amide bonds. The third-order valence-electron chi connectivity index (χ3n) is 6.28. The smallest absolute Gasteiger partial charge is 0.0807 e. The molecule has 0 unspecified atom stereocenters. The third-order valence-corrected chi connectivity index (χ3v) is 6.28. The Morgan fingerprint density at radius 1 is 0.433 bits per heavy atom. The second kappa shape index (κ2) is 7.99. The Labute approximate surface area is 182 Å². The van der Waals surface area contributed by atoms with Gasteiger partial charge in [-0.05, 0) is 95.8 Å². The lowest BCUT2D eigenvalue weighted by Crippen LogP contribution is -2.17. The molecule has 0 aliphatic rings. The fourth-order valence-electron chi connectivity index (χ4n) is 4.72. The zero-order valence-corrected chi connectivity index (χ0v) is 18.5. The SMILES string of the molecule is [B]c1c(-c2ccccc2C)c(C)c(-c2ccccc2C)c(C)c1-c1ccccc1C. The summed E-state index contributed by atoms with van der Waals surface area (Å²) in [7, 11) is 6.97. The van der Waals surface area contributed by atoms with E-state index >= 15 is 0 Å². The van der Waals surface area contributed by atoms with Crippen molar-refractivity contribution in [3.05, 3.63) is 101 Å². The number of benzene rings is 4. The monoisotopic (exact) mass is 386 g/mol. The Morgan fingerprint density at radius 2 is 0.733 bits per heavy atom. The van der Waals surface area contributed by atoms with Gasteiger partial charge in [0.1, 0.15) is 7.85 Å². The van der Waals surface area contributed by atoms with Gasteiger partial charge in [-0.1, -0.05) is 78.3 Å². The Kier molecular flexibility index (Phi) is 5.39. The van der Waals surface area contributed by atoms with Crippen molar-refractivity contribution in [3.63, 3.8) is 0 Å². The fraction of sp³-hybridized carbons (Fsp3) is 0.172. The lowest BCUT2D eigenvalue weighted by molar-refractivity contribution is 1.34. The lowest BCUT2D eigenvalue weighted by Gasteiger charge is -2.26. The summed E-state index contributed by atoms with van der Waals surface area (Å²) in [5, 5.41) is 0. The number of aryl methyl sites for hydroxylation is 3. The largest absolute Gasteiger partial charge is 0.115 e. The van der Waals surface area contributed by atoms with Gasteiger partial charge >= 0.3 is 0 Å². The molecule has 4 aromatic rings. The van der Waals surface area contributed by atoms with Crippen molar-refractivity contribution in [1.82, 2.24) is 0 Å². The molecule has 4 rings (SSSR count). The van der Waals surface area contributed by atoms with E-state index in [1.54, 1.807) is 0 Å². The minimum absolute atomic E-state index is 0.867. The topological polar surface area (TPSA) is 0 Å². The minimum atomic E-state index is 0.867. The highest BCUT2D eigenvalue weighted by Crippen LogP contribution is 2.41. The fourth-order valence-corrected chi connectivity index (χ4v) is 4.72. The highest BCUT2D eigenvalue weighted by molar-refractivity contribution is 6.40. The van der Waals surface area contributed by atoms with Crippen LogP contribution in [0.4, 0.5) is 0 Å². The molecule has 0 aliphatic carbocycles. The predicted octanol–water partition coefficient (Wildman–Crippen LogP) is 7.02. The summed E-state index contributed by atoms with van der Waals surface area (Å²) in [5.41, 5.74) is 14.4. The first-order valence-corrected chi connectivity index (χ1v) is 10.5. The number of rotatable bonds is 3. The Bertz CT molecular complexity index is 1070. The molecule has 146 valence electrons. The molecular formula is C29H27B. The van der Waals surface area contributed by atoms with Crippen LogP contribution in [0.5, 0.6) is 0 Å². The summed E-state index contributed by atoms with van der Waals surface area (Å²) >= 11 is 0. The number of hydrogen-bond donors (Lipinski definition) is 0. The molecule has 0 heterocycles. The quantitative estimate of drug-likeness (QED) is 0.332. The first kappa shape index (κ1) is 20.2.